The third-order valence-electron chi connectivity index (χ3n) is 4.91. The predicted octanol–water partition coefficient (Wildman–Crippen LogP) is 2.59. The van der Waals surface area contributed by atoms with Crippen LogP contribution < -0.4 is 9.47 Å². The minimum atomic E-state index is -0.980. The van der Waals surface area contributed by atoms with E-state index in [1.165, 1.54) is 0 Å². The Labute approximate surface area is 151 Å². The summed E-state index contributed by atoms with van der Waals surface area (Å²) < 4.78 is 10.8. The Bertz CT molecular complexity index is 838. The highest BCUT2D eigenvalue weighted by molar-refractivity contribution is 5.83. The van der Waals surface area contributed by atoms with Crippen LogP contribution in [0.4, 0.5) is 0 Å². The minimum absolute atomic E-state index is 0.0339. The zero-order chi connectivity index (χ0) is 18.1. The molecule has 0 bridgehead atoms. The molecule has 1 atom stereocenters. The number of hydrogen-bond acceptors (Lipinski definition) is 4. The highest BCUT2D eigenvalue weighted by atomic mass is 16.7. The Morgan fingerprint density at radius 3 is 2.46 bits per heavy atom. The van der Waals surface area contributed by atoms with Gasteiger partial charge in [0.2, 0.25) is 12.7 Å². The molecular formula is C20H19NO5. The first kappa shape index (κ1) is 16.4. The molecular weight excluding hydrogens is 334 g/mol. The molecule has 0 radical (unpaired) electrons. The summed E-state index contributed by atoms with van der Waals surface area (Å²) in [5.74, 6) is -0.723. The van der Waals surface area contributed by atoms with E-state index in [-0.39, 0.29) is 25.5 Å². The summed E-state index contributed by atoms with van der Waals surface area (Å²) in [6.45, 7) is 1.22. The predicted molar refractivity (Wildman–Crippen MR) is 92.7 cm³/mol. The third-order valence-corrected chi connectivity index (χ3v) is 4.91. The molecule has 1 unspecified atom stereocenters. The monoisotopic (exact) mass is 353 g/mol. The highest BCUT2D eigenvalue weighted by Gasteiger charge is 2.30. The number of para-hydroxylation sites is 1. The average Bonchev–Trinajstić information content (AvgIpc) is 3.28. The van der Waals surface area contributed by atoms with Crippen LogP contribution in [0.5, 0.6) is 11.5 Å². The number of carboxylic acid groups (broad SMARTS) is 1. The summed E-state index contributed by atoms with van der Waals surface area (Å²) in [6.07, 6.45) is 0.197. The van der Waals surface area contributed by atoms with E-state index in [4.69, 9.17) is 9.47 Å². The number of benzene rings is 2. The van der Waals surface area contributed by atoms with E-state index in [0.717, 1.165) is 16.7 Å². The van der Waals surface area contributed by atoms with E-state index in [9.17, 15) is 14.7 Å². The number of amides is 1. The highest BCUT2D eigenvalue weighted by Crippen LogP contribution is 2.37. The van der Waals surface area contributed by atoms with Gasteiger partial charge in [0, 0.05) is 19.5 Å². The topological polar surface area (TPSA) is 76.1 Å². The number of hydrogen-bond donors (Lipinski definition) is 1. The van der Waals surface area contributed by atoms with Crippen molar-refractivity contribution in [2.75, 3.05) is 6.79 Å². The Balaban J connectivity index is 1.46. The van der Waals surface area contributed by atoms with Crippen molar-refractivity contribution in [2.24, 2.45) is 5.92 Å². The molecule has 0 aromatic heterocycles. The van der Waals surface area contributed by atoms with E-state index in [1.54, 1.807) is 17.0 Å². The molecule has 1 amide bonds. The van der Waals surface area contributed by atoms with Gasteiger partial charge in [0.05, 0.1) is 5.92 Å². The van der Waals surface area contributed by atoms with E-state index in [2.05, 4.69) is 0 Å². The van der Waals surface area contributed by atoms with Crippen molar-refractivity contribution >= 4 is 11.9 Å². The number of nitrogens with zero attached hydrogens (tertiary/aromatic N) is 1. The molecule has 2 heterocycles. The number of carbonyl (C=O) groups excluding carboxylic acids is 1. The smallest absolute Gasteiger partial charge is 0.307 e. The number of carbonyl (C=O) groups is 2. The molecule has 2 aliphatic heterocycles. The standard InChI is InChI=1S/C20H19NO5/c22-18(21-10-14-4-1-2-5-15(14)11-21)9-16(20(23)24)8-13-6-3-7-17-19(13)26-12-25-17/h1-7,16H,8-12H2,(H,23,24). The van der Waals surface area contributed by atoms with Crippen LogP contribution >= 0.6 is 0 Å². The maximum absolute atomic E-state index is 12.7. The molecule has 6 heteroatoms. The molecule has 26 heavy (non-hydrogen) atoms. The van der Waals surface area contributed by atoms with Crippen molar-refractivity contribution in [2.45, 2.75) is 25.9 Å². The maximum atomic E-state index is 12.7. The summed E-state index contributed by atoms with van der Waals surface area (Å²) in [4.78, 5) is 26.1. The second-order valence-corrected chi connectivity index (χ2v) is 6.61. The molecule has 0 fully saturated rings. The van der Waals surface area contributed by atoms with Crippen molar-refractivity contribution in [1.29, 1.82) is 0 Å². The van der Waals surface area contributed by atoms with Gasteiger partial charge in [-0.3, -0.25) is 9.59 Å². The van der Waals surface area contributed by atoms with Gasteiger partial charge < -0.3 is 19.5 Å². The van der Waals surface area contributed by atoms with Gasteiger partial charge in [0.1, 0.15) is 0 Å². The third kappa shape index (κ3) is 3.10. The molecule has 134 valence electrons. The first-order valence-corrected chi connectivity index (χ1v) is 8.56. The van der Waals surface area contributed by atoms with Crippen LogP contribution in [0.25, 0.3) is 0 Å². The quantitative estimate of drug-likeness (QED) is 0.894. The van der Waals surface area contributed by atoms with Crippen molar-refractivity contribution in [1.82, 2.24) is 4.90 Å². The van der Waals surface area contributed by atoms with Crippen molar-refractivity contribution < 1.29 is 24.2 Å². The number of carboxylic acids is 1. The molecule has 0 saturated heterocycles. The number of rotatable bonds is 5. The average molecular weight is 353 g/mol. The van der Waals surface area contributed by atoms with Crippen LogP contribution in [0.2, 0.25) is 0 Å². The lowest BCUT2D eigenvalue weighted by Crippen LogP contribution is -2.30. The number of fused-ring (bicyclic) bond motifs is 2. The summed E-state index contributed by atoms with van der Waals surface area (Å²) in [6, 6.07) is 13.3. The fourth-order valence-electron chi connectivity index (χ4n) is 3.51. The molecule has 4 rings (SSSR count). The summed E-state index contributed by atoms with van der Waals surface area (Å²) >= 11 is 0. The summed E-state index contributed by atoms with van der Waals surface area (Å²) in [7, 11) is 0. The van der Waals surface area contributed by atoms with Crippen molar-refractivity contribution in [3.8, 4) is 11.5 Å². The van der Waals surface area contributed by atoms with Crippen LogP contribution in [0.1, 0.15) is 23.1 Å². The molecule has 0 aliphatic carbocycles. The van der Waals surface area contributed by atoms with Gasteiger partial charge in [-0.2, -0.15) is 0 Å². The minimum Gasteiger partial charge on any atom is -0.481 e. The second-order valence-electron chi connectivity index (χ2n) is 6.61. The van der Waals surface area contributed by atoms with Gasteiger partial charge in [-0.05, 0) is 29.2 Å². The van der Waals surface area contributed by atoms with Gasteiger partial charge in [-0.15, -0.1) is 0 Å². The molecule has 0 saturated carbocycles. The van der Waals surface area contributed by atoms with E-state index >= 15 is 0 Å². The Morgan fingerprint density at radius 2 is 1.77 bits per heavy atom. The van der Waals surface area contributed by atoms with Gasteiger partial charge in [-0.25, -0.2) is 0 Å². The normalized spacial score (nSPS) is 15.6. The van der Waals surface area contributed by atoms with Crippen LogP contribution in [0, 0.1) is 5.92 Å². The molecule has 2 aromatic carbocycles. The van der Waals surface area contributed by atoms with Crippen molar-refractivity contribution in [3.63, 3.8) is 0 Å². The summed E-state index contributed by atoms with van der Waals surface area (Å²) in [5, 5.41) is 9.61. The largest absolute Gasteiger partial charge is 0.481 e. The van der Waals surface area contributed by atoms with Gasteiger partial charge in [0.25, 0.3) is 0 Å². The number of ether oxygens (including phenoxy) is 2. The van der Waals surface area contributed by atoms with E-state index in [1.807, 2.05) is 30.3 Å². The molecule has 6 nitrogen and oxygen atoms in total. The first-order chi connectivity index (χ1) is 12.6. The van der Waals surface area contributed by atoms with E-state index in [0.29, 0.717) is 24.6 Å². The maximum Gasteiger partial charge on any atom is 0.307 e. The Kier molecular flexibility index (Phi) is 4.24. The fourth-order valence-corrected chi connectivity index (χ4v) is 3.51. The summed E-state index contributed by atoms with van der Waals surface area (Å²) in [5.41, 5.74) is 3.00. The Morgan fingerprint density at radius 1 is 1.04 bits per heavy atom. The molecule has 1 N–H and O–H groups in total. The lowest BCUT2D eigenvalue weighted by Gasteiger charge is -2.19. The van der Waals surface area contributed by atoms with Crippen LogP contribution in [-0.2, 0) is 29.1 Å². The Hall–Kier alpha value is -3.02. The van der Waals surface area contributed by atoms with Gasteiger partial charge in [-0.1, -0.05) is 36.4 Å². The lowest BCUT2D eigenvalue weighted by atomic mass is 9.95. The molecule has 0 spiro atoms. The SMILES string of the molecule is O=C(O)C(CC(=O)N1Cc2ccccc2C1)Cc1cccc2c1OCO2. The fraction of sp³-hybridized carbons (Fsp3) is 0.300. The lowest BCUT2D eigenvalue weighted by molar-refractivity contribution is -0.146. The van der Waals surface area contributed by atoms with Crippen molar-refractivity contribution in [3.05, 3.63) is 59.2 Å². The molecule has 2 aliphatic rings. The van der Waals surface area contributed by atoms with Crippen LogP contribution in [-0.4, -0.2) is 28.7 Å². The van der Waals surface area contributed by atoms with Gasteiger partial charge in [0.15, 0.2) is 11.5 Å². The second kappa shape index (κ2) is 6.71. The van der Waals surface area contributed by atoms with Crippen LogP contribution in [0.3, 0.4) is 0 Å². The van der Waals surface area contributed by atoms with Gasteiger partial charge >= 0.3 is 5.97 Å². The molecule has 2 aromatic rings. The number of aliphatic carboxylic acids is 1. The zero-order valence-electron chi connectivity index (χ0n) is 14.2. The van der Waals surface area contributed by atoms with Crippen LogP contribution in [0.15, 0.2) is 42.5 Å². The first-order valence-electron chi connectivity index (χ1n) is 8.56. The zero-order valence-corrected chi connectivity index (χ0v) is 14.2. The van der Waals surface area contributed by atoms with E-state index < -0.39 is 11.9 Å².